The van der Waals surface area contributed by atoms with Gasteiger partial charge in [0.05, 0.1) is 19.3 Å². The van der Waals surface area contributed by atoms with E-state index in [2.05, 4.69) is 52.5 Å². The van der Waals surface area contributed by atoms with Gasteiger partial charge in [0.25, 0.3) is 0 Å². The van der Waals surface area contributed by atoms with Crippen molar-refractivity contribution in [1.29, 1.82) is 0 Å². The van der Waals surface area contributed by atoms with Crippen molar-refractivity contribution in [3.63, 3.8) is 0 Å². The van der Waals surface area contributed by atoms with Crippen LogP contribution in [-0.4, -0.2) is 56.4 Å². The molecule has 1 aromatic heterocycles. The van der Waals surface area contributed by atoms with E-state index in [4.69, 9.17) is 14.6 Å². The maximum Gasteiger partial charge on any atom is 1.00 e. The van der Waals surface area contributed by atoms with Crippen LogP contribution in [-0.2, 0) is 41.9 Å². The molecule has 5 rings (SSSR count). The van der Waals surface area contributed by atoms with Crippen LogP contribution < -0.4 is 61.8 Å². The number of nitrogens with one attached hydrogen (secondary N) is 1. The molecule has 39 heavy (non-hydrogen) atoms. The molecule has 0 saturated carbocycles. The third-order valence-electron chi connectivity index (χ3n) is 7.18. The first-order valence-corrected chi connectivity index (χ1v) is 14.7. The van der Waals surface area contributed by atoms with Crippen molar-refractivity contribution in [2.75, 3.05) is 45.8 Å². The number of hydrogen-bond acceptors (Lipinski definition) is 6. The third-order valence-corrected chi connectivity index (χ3v) is 7.18. The molecule has 3 aliphatic heterocycles. The second kappa shape index (κ2) is 22.3. The first-order valence-electron chi connectivity index (χ1n) is 14.7. The van der Waals surface area contributed by atoms with Gasteiger partial charge < -0.3 is 19.9 Å². The molecule has 1 aromatic carbocycles. The van der Waals surface area contributed by atoms with Gasteiger partial charge in [-0.05, 0) is 100 Å². The number of likely N-dealkylation sites (tertiary alicyclic amines) is 1. The fourth-order valence-electron chi connectivity index (χ4n) is 4.89. The number of aryl methyl sites for hydroxylation is 2. The molecule has 1 N–H and O–H groups in total. The van der Waals surface area contributed by atoms with Crippen molar-refractivity contribution in [2.24, 2.45) is 0 Å². The van der Waals surface area contributed by atoms with E-state index in [1.54, 1.807) is 12.7 Å². The van der Waals surface area contributed by atoms with Crippen LogP contribution in [0.4, 0.5) is 5.82 Å². The van der Waals surface area contributed by atoms with Crippen molar-refractivity contribution >= 4 is 5.82 Å². The zero-order valence-corrected chi connectivity index (χ0v) is 28.8. The second-order valence-corrected chi connectivity index (χ2v) is 10.4. The van der Waals surface area contributed by atoms with E-state index in [0.717, 1.165) is 52.1 Å². The Labute approximate surface area is 281 Å². The number of unbranched alkanes of at least 4 members (excludes halogenated alkanes) is 2. The Balaban J connectivity index is 0.000000311. The SMILES string of the molecule is CCCCCc1ccc2c(n1)NCCC2.COC(C)C.C[O-].[K+].c1cc2c(c(CN3CCCC3)c1)CCOC2. The van der Waals surface area contributed by atoms with Crippen molar-refractivity contribution in [3.8, 4) is 0 Å². The van der Waals surface area contributed by atoms with Crippen LogP contribution in [0.3, 0.4) is 0 Å². The Kier molecular flexibility index (Phi) is 20.9. The van der Waals surface area contributed by atoms with Crippen LogP contribution in [0.25, 0.3) is 0 Å². The van der Waals surface area contributed by atoms with Crippen molar-refractivity contribution < 1.29 is 66.0 Å². The number of methoxy groups -OCH3 is 1. The molecule has 1 fully saturated rings. The van der Waals surface area contributed by atoms with Gasteiger partial charge in [-0.15, -0.1) is 0 Å². The molecule has 0 aliphatic carbocycles. The van der Waals surface area contributed by atoms with Gasteiger partial charge in [-0.1, -0.05) is 44.0 Å². The number of pyridine rings is 1. The maximum absolute atomic E-state index is 8.25. The summed E-state index contributed by atoms with van der Waals surface area (Å²) < 4.78 is 10.3. The minimum absolute atomic E-state index is 0. The van der Waals surface area contributed by atoms with Crippen LogP contribution >= 0.6 is 0 Å². The van der Waals surface area contributed by atoms with E-state index < -0.39 is 0 Å². The molecular weight excluding hydrogens is 513 g/mol. The number of benzene rings is 1. The summed E-state index contributed by atoms with van der Waals surface area (Å²) >= 11 is 0. The van der Waals surface area contributed by atoms with E-state index in [1.807, 2.05) is 13.8 Å². The average Bonchev–Trinajstić information content (AvgIpc) is 3.48. The molecule has 0 bridgehead atoms. The largest absolute Gasteiger partial charge is 1.00 e. The van der Waals surface area contributed by atoms with Crippen LogP contribution in [0.15, 0.2) is 30.3 Å². The smallest absolute Gasteiger partial charge is 0.857 e. The standard InChI is InChI=1S/C14H19NO.C13H20N2.C4H10O.CH3O.K/c1-2-8-15(7-1)10-12-4-3-5-13-11-16-9-6-14(12)13;1-2-3-4-7-12-9-8-11-6-5-10-14-13(11)15-12;1-4(2)5-3;1-2;/h3-5H,1-2,6-11H2;8-9H,2-7,10H2,1H3,(H,14,15);4H,1-3H3;1H3;/q;;;-1;+1. The summed E-state index contributed by atoms with van der Waals surface area (Å²) in [5, 5.41) is 11.6. The van der Waals surface area contributed by atoms with Crippen molar-refractivity contribution in [2.45, 2.75) is 97.8 Å². The summed E-state index contributed by atoms with van der Waals surface area (Å²) in [6, 6.07) is 11.1. The zero-order chi connectivity index (χ0) is 27.6. The number of aromatic nitrogens is 1. The van der Waals surface area contributed by atoms with Gasteiger partial charge >= 0.3 is 51.4 Å². The number of anilines is 1. The normalized spacial score (nSPS) is 15.6. The van der Waals surface area contributed by atoms with Crippen molar-refractivity contribution in [1.82, 2.24) is 9.88 Å². The van der Waals surface area contributed by atoms with Crippen LogP contribution in [0.2, 0.25) is 0 Å². The van der Waals surface area contributed by atoms with Gasteiger partial charge in [0, 0.05) is 25.9 Å². The molecule has 0 amide bonds. The van der Waals surface area contributed by atoms with Gasteiger partial charge in [-0.25, -0.2) is 4.98 Å². The topological polar surface area (TPSA) is 69.7 Å². The number of hydrogen-bond donors (Lipinski definition) is 1. The van der Waals surface area contributed by atoms with Gasteiger partial charge in [-0.3, -0.25) is 4.90 Å². The average molecular weight is 566 g/mol. The molecule has 0 atom stereocenters. The zero-order valence-electron chi connectivity index (χ0n) is 25.7. The van der Waals surface area contributed by atoms with Gasteiger partial charge in [0.1, 0.15) is 5.82 Å². The molecular formula is C32H52KN3O3. The molecule has 0 unspecified atom stereocenters. The summed E-state index contributed by atoms with van der Waals surface area (Å²) in [6.07, 6.45) is 11.6. The summed E-state index contributed by atoms with van der Waals surface area (Å²) in [5.41, 5.74) is 7.13. The van der Waals surface area contributed by atoms with E-state index >= 15 is 0 Å². The quantitative estimate of drug-likeness (QED) is 0.411. The van der Waals surface area contributed by atoms with Gasteiger partial charge in [0.2, 0.25) is 0 Å². The molecule has 1 saturated heterocycles. The molecule has 4 heterocycles. The second-order valence-electron chi connectivity index (χ2n) is 10.4. The van der Waals surface area contributed by atoms with E-state index in [0.29, 0.717) is 6.10 Å². The fraction of sp³-hybridized carbons (Fsp3) is 0.656. The van der Waals surface area contributed by atoms with Crippen molar-refractivity contribution in [3.05, 3.63) is 58.3 Å². The van der Waals surface area contributed by atoms with E-state index in [1.165, 1.54) is 80.4 Å². The van der Waals surface area contributed by atoms with Crippen LogP contribution in [0, 0.1) is 0 Å². The Hall–Kier alpha value is -0.354. The van der Waals surface area contributed by atoms with Crippen LogP contribution in [0.5, 0.6) is 0 Å². The maximum atomic E-state index is 8.25. The summed E-state index contributed by atoms with van der Waals surface area (Å²) in [4.78, 5) is 7.25. The Morgan fingerprint density at radius 2 is 1.77 bits per heavy atom. The summed E-state index contributed by atoms with van der Waals surface area (Å²) in [5.74, 6) is 1.13. The minimum Gasteiger partial charge on any atom is -0.857 e. The Morgan fingerprint density at radius 3 is 2.46 bits per heavy atom. The summed E-state index contributed by atoms with van der Waals surface area (Å²) in [7, 11) is 2.45. The predicted molar refractivity (Wildman–Crippen MR) is 157 cm³/mol. The number of nitrogens with zero attached hydrogens (tertiary/aromatic N) is 2. The Bertz CT molecular complexity index is 904. The molecule has 3 aliphatic rings. The number of rotatable bonds is 7. The fourth-order valence-corrected chi connectivity index (χ4v) is 4.89. The molecule has 2 aromatic rings. The van der Waals surface area contributed by atoms with E-state index in [-0.39, 0.29) is 51.4 Å². The predicted octanol–water partition coefficient (Wildman–Crippen LogP) is 2.55. The first-order chi connectivity index (χ1) is 18.6. The molecule has 214 valence electrons. The number of ether oxygens (including phenoxy) is 2. The van der Waals surface area contributed by atoms with E-state index in [9.17, 15) is 0 Å². The molecule has 0 radical (unpaired) electrons. The summed E-state index contributed by atoms with van der Waals surface area (Å²) in [6.45, 7) is 12.7. The Morgan fingerprint density at radius 1 is 1.03 bits per heavy atom. The first kappa shape index (κ1) is 36.7. The minimum atomic E-state index is 0. The molecule has 7 heteroatoms. The van der Waals surface area contributed by atoms with Crippen LogP contribution in [0.1, 0.15) is 87.2 Å². The van der Waals surface area contributed by atoms with Gasteiger partial charge in [0.15, 0.2) is 0 Å². The van der Waals surface area contributed by atoms with Gasteiger partial charge in [-0.2, -0.15) is 7.11 Å². The molecule has 0 spiro atoms. The monoisotopic (exact) mass is 565 g/mol. The third kappa shape index (κ3) is 13.9. The molecule has 6 nitrogen and oxygen atoms in total. The number of fused-ring (bicyclic) bond motifs is 2.